The van der Waals surface area contributed by atoms with Crippen molar-refractivity contribution in [3.8, 4) is 0 Å². The van der Waals surface area contributed by atoms with Crippen LogP contribution in [0.3, 0.4) is 0 Å². The summed E-state index contributed by atoms with van der Waals surface area (Å²) in [5.74, 6) is 0. The van der Waals surface area contributed by atoms with E-state index in [0.717, 1.165) is 24.8 Å². The fourth-order valence-electron chi connectivity index (χ4n) is 3.46. The Morgan fingerprint density at radius 1 is 1.43 bits per heavy atom. The van der Waals surface area contributed by atoms with Crippen molar-refractivity contribution in [1.82, 2.24) is 16.1 Å². The molecule has 1 aromatic carbocycles. The van der Waals surface area contributed by atoms with Gasteiger partial charge in [0.05, 0.1) is 0 Å². The van der Waals surface area contributed by atoms with E-state index in [0.29, 0.717) is 6.61 Å². The molecule has 2 saturated heterocycles. The SMILES string of the molecule is CCC1NC(c2ccc3c(c2)CC[C@]32COC(=O)N2)NO1. The molecular weight excluding hydrogens is 270 g/mol. The molecule has 2 unspecified atom stereocenters. The first-order valence-corrected chi connectivity index (χ1v) is 7.46. The molecule has 2 fully saturated rings. The van der Waals surface area contributed by atoms with Crippen LogP contribution < -0.4 is 16.1 Å². The predicted molar refractivity (Wildman–Crippen MR) is 75.1 cm³/mol. The summed E-state index contributed by atoms with van der Waals surface area (Å²) in [6.07, 6.45) is 2.53. The maximum absolute atomic E-state index is 11.4. The van der Waals surface area contributed by atoms with E-state index in [9.17, 15) is 4.79 Å². The molecule has 1 amide bonds. The zero-order chi connectivity index (χ0) is 14.4. The second kappa shape index (κ2) is 4.69. The van der Waals surface area contributed by atoms with Crippen molar-refractivity contribution in [2.24, 2.45) is 0 Å². The van der Waals surface area contributed by atoms with Gasteiger partial charge in [0.25, 0.3) is 0 Å². The van der Waals surface area contributed by atoms with Crippen LogP contribution in [0, 0.1) is 0 Å². The quantitative estimate of drug-likeness (QED) is 0.768. The number of benzene rings is 1. The number of cyclic esters (lactones) is 1. The lowest BCUT2D eigenvalue weighted by Crippen LogP contribution is -2.38. The van der Waals surface area contributed by atoms with Crippen LogP contribution in [-0.4, -0.2) is 18.9 Å². The van der Waals surface area contributed by atoms with Crippen molar-refractivity contribution in [1.29, 1.82) is 0 Å². The smallest absolute Gasteiger partial charge is 0.408 e. The molecule has 3 aliphatic rings. The summed E-state index contributed by atoms with van der Waals surface area (Å²) < 4.78 is 5.11. The third-order valence-electron chi connectivity index (χ3n) is 4.64. The maximum Gasteiger partial charge on any atom is 0.408 e. The van der Waals surface area contributed by atoms with Crippen LogP contribution in [0.5, 0.6) is 0 Å². The van der Waals surface area contributed by atoms with E-state index < -0.39 is 0 Å². The van der Waals surface area contributed by atoms with Gasteiger partial charge in [-0.3, -0.25) is 10.2 Å². The van der Waals surface area contributed by atoms with Gasteiger partial charge in [0.1, 0.15) is 24.5 Å². The van der Waals surface area contributed by atoms with E-state index in [2.05, 4.69) is 41.2 Å². The number of fused-ring (bicyclic) bond motifs is 2. The molecule has 3 N–H and O–H groups in total. The molecule has 2 heterocycles. The number of amides is 1. The van der Waals surface area contributed by atoms with Crippen LogP contribution in [0.1, 0.15) is 42.6 Å². The monoisotopic (exact) mass is 289 g/mol. The minimum atomic E-state index is -0.316. The number of hydroxylamine groups is 1. The average molecular weight is 289 g/mol. The van der Waals surface area contributed by atoms with Crippen molar-refractivity contribution < 1.29 is 14.4 Å². The molecule has 21 heavy (non-hydrogen) atoms. The Morgan fingerprint density at radius 2 is 2.33 bits per heavy atom. The van der Waals surface area contributed by atoms with E-state index in [1.807, 2.05) is 0 Å². The summed E-state index contributed by atoms with van der Waals surface area (Å²) in [5, 5.41) is 6.36. The lowest BCUT2D eigenvalue weighted by atomic mass is 9.92. The van der Waals surface area contributed by atoms with Crippen LogP contribution in [0.15, 0.2) is 18.2 Å². The standard InChI is InChI=1S/C15H19N3O3/c1-2-12-16-13(18-21-12)10-3-4-11-9(7-10)5-6-15(11)8-20-14(19)17-15/h3-4,7,12-13,16,18H,2,5-6,8H2,1H3,(H,17,19)/t12?,13?,15-/m0/s1. The number of rotatable bonds is 2. The molecule has 6 heteroatoms. The van der Waals surface area contributed by atoms with Gasteiger partial charge in [-0.15, -0.1) is 0 Å². The molecule has 0 radical (unpaired) electrons. The molecule has 1 spiro atoms. The Balaban J connectivity index is 1.60. The predicted octanol–water partition coefficient (Wildman–Crippen LogP) is 1.43. The number of ether oxygens (including phenoxy) is 1. The Morgan fingerprint density at radius 3 is 3.05 bits per heavy atom. The molecule has 0 bridgehead atoms. The minimum absolute atomic E-state index is 0.0196. The molecule has 3 atom stereocenters. The van der Waals surface area contributed by atoms with Crippen molar-refractivity contribution in [2.75, 3.05) is 6.61 Å². The second-order valence-electron chi connectivity index (χ2n) is 5.93. The fourth-order valence-corrected chi connectivity index (χ4v) is 3.46. The third-order valence-corrected chi connectivity index (χ3v) is 4.64. The van der Waals surface area contributed by atoms with Gasteiger partial charge in [-0.25, -0.2) is 4.79 Å². The Hall–Kier alpha value is -1.63. The molecule has 0 saturated carbocycles. The number of carbonyl (C=O) groups is 1. The third kappa shape index (κ3) is 2.02. The number of hydrogen-bond donors (Lipinski definition) is 3. The lowest BCUT2D eigenvalue weighted by molar-refractivity contribution is 0.0207. The van der Waals surface area contributed by atoms with Crippen molar-refractivity contribution in [3.05, 3.63) is 34.9 Å². The van der Waals surface area contributed by atoms with Crippen LogP contribution in [0.25, 0.3) is 0 Å². The summed E-state index contributed by atoms with van der Waals surface area (Å²) >= 11 is 0. The van der Waals surface area contributed by atoms with Gasteiger partial charge in [0, 0.05) is 0 Å². The van der Waals surface area contributed by atoms with E-state index >= 15 is 0 Å². The van der Waals surface area contributed by atoms with E-state index in [4.69, 9.17) is 9.57 Å². The molecule has 1 aliphatic carbocycles. The van der Waals surface area contributed by atoms with Crippen LogP contribution >= 0.6 is 0 Å². The Kier molecular flexibility index (Phi) is 2.92. The Labute approximate surface area is 123 Å². The van der Waals surface area contributed by atoms with Crippen molar-refractivity contribution >= 4 is 6.09 Å². The highest BCUT2D eigenvalue weighted by Crippen LogP contribution is 2.40. The van der Waals surface area contributed by atoms with Gasteiger partial charge >= 0.3 is 6.09 Å². The summed E-state index contributed by atoms with van der Waals surface area (Å²) in [7, 11) is 0. The van der Waals surface area contributed by atoms with Gasteiger partial charge in [0.2, 0.25) is 0 Å². The number of carbonyl (C=O) groups excluding carboxylic acids is 1. The molecule has 1 aromatic rings. The number of aryl methyl sites for hydroxylation is 1. The van der Waals surface area contributed by atoms with Crippen molar-refractivity contribution in [2.45, 2.75) is 44.1 Å². The number of hydrogen-bond acceptors (Lipinski definition) is 5. The molecule has 112 valence electrons. The van der Waals surface area contributed by atoms with Crippen LogP contribution in [-0.2, 0) is 21.5 Å². The highest BCUT2D eigenvalue weighted by Gasteiger charge is 2.45. The normalized spacial score (nSPS) is 34.0. The topological polar surface area (TPSA) is 71.6 Å². The minimum Gasteiger partial charge on any atom is -0.447 e. The van der Waals surface area contributed by atoms with Crippen LogP contribution in [0.2, 0.25) is 0 Å². The summed E-state index contributed by atoms with van der Waals surface area (Å²) in [5.41, 5.74) is 6.33. The van der Waals surface area contributed by atoms with E-state index in [1.54, 1.807) is 0 Å². The first-order chi connectivity index (χ1) is 10.2. The first-order valence-electron chi connectivity index (χ1n) is 7.46. The molecule has 0 aromatic heterocycles. The van der Waals surface area contributed by atoms with E-state index in [1.165, 1.54) is 11.1 Å². The molecule has 4 rings (SSSR count). The fraction of sp³-hybridized carbons (Fsp3) is 0.533. The zero-order valence-electron chi connectivity index (χ0n) is 11.9. The highest BCUT2D eigenvalue weighted by atomic mass is 16.7. The highest BCUT2D eigenvalue weighted by molar-refractivity contribution is 5.72. The first kappa shape index (κ1) is 13.1. The lowest BCUT2D eigenvalue weighted by Gasteiger charge is -2.22. The van der Waals surface area contributed by atoms with Crippen molar-refractivity contribution in [3.63, 3.8) is 0 Å². The van der Waals surface area contributed by atoms with Gasteiger partial charge in [-0.2, -0.15) is 5.48 Å². The average Bonchev–Trinajstić information content (AvgIpc) is 3.19. The Bertz CT molecular complexity index is 592. The molecule has 2 aliphatic heterocycles. The summed E-state index contributed by atoms with van der Waals surface area (Å²) in [4.78, 5) is 16.8. The maximum atomic E-state index is 11.4. The molecular formula is C15H19N3O3. The largest absolute Gasteiger partial charge is 0.447 e. The summed E-state index contributed by atoms with van der Waals surface area (Å²) in [6, 6.07) is 6.39. The second-order valence-corrected chi connectivity index (χ2v) is 5.93. The van der Waals surface area contributed by atoms with Gasteiger partial charge < -0.3 is 10.1 Å². The van der Waals surface area contributed by atoms with E-state index in [-0.39, 0.29) is 24.0 Å². The number of nitrogens with one attached hydrogen (secondary N) is 3. The molecule has 6 nitrogen and oxygen atoms in total. The summed E-state index contributed by atoms with van der Waals surface area (Å²) in [6.45, 7) is 2.51. The van der Waals surface area contributed by atoms with Gasteiger partial charge in [-0.05, 0) is 36.0 Å². The van der Waals surface area contributed by atoms with Gasteiger partial charge in [-0.1, -0.05) is 25.1 Å². The number of alkyl carbamates (subject to hydrolysis) is 1. The van der Waals surface area contributed by atoms with Crippen LogP contribution in [0.4, 0.5) is 4.79 Å². The zero-order valence-corrected chi connectivity index (χ0v) is 11.9. The van der Waals surface area contributed by atoms with Gasteiger partial charge in [0.15, 0.2) is 0 Å².